The lowest BCUT2D eigenvalue weighted by molar-refractivity contribution is -0.121. The van der Waals surface area contributed by atoms with Gasteiger partial charge in [-0.05, 0) is 41.5 Å². The van der Waals surface area contributed by atoms with E-state index < -0.39 is 0 Å². The van der Waals surface area contributed by atoms with Gasteiger partial charge in [-0.2, -0.15) is 0 Å². The van der Waals surface area contributed by atoms with Crippen molar-refractivity contribution in [3.05, 3.63) is 53.6 Å². The summed E-state index contributed by atoms with van der Waals surface area (Å²) in [6.45, 7) is 0.394. The van der Waals surface area contributed by atoms with Gasteiger partial charge < -0.3 is 20.5 Å². The molecule has 1 aliphatic heterocycles. The van der Waals surface area contributed by atoms with Gasteiger partial charge in [0, 0.05) is 18.7 Å². The van der Waals surface area contributed by atoms with Crippen LogP contribution in [0.4, 0.5) is 5.69 Å². The van der Waals surface area contributed by atoms with Gasteiger partial charge in [0.1, 0.15) is 17.5 Å². The Morgan fingerprint density at radius 1 is 1.36 bits per heavy atom. The SMILES string of the molecule is COc1ccc2c(c1)CC(C(=O)NCc1cccc(O)c1)N2. The van der Waals surface area contributed by atoms with Crippen LogP contribution in [0.1, 0.15) is 11.1 Å². The summed E-state index contributed by atoms with van der Waals surface area (Å²) in [6.07, 6.45) is 0.637. The molecule has 1 aliphatic rings. The molecule has 0 fully saturated rings. The average Bonchev–Trinajstić information content (AvgIpc) is 2.95. The Labute approximate surface area is 128 Å². The zero-order valence-electron chi connectivity index (χ0n) is 12.3. The van der Waals surface area contributed by atoms with Crippen LogP contribution < -0.4 is 15.4 Å². The third-order valence-corrected chi connectivity index (χ3v) is 3.76. The molecule has 0 saturated carbocycles. The molecule has 0 spiro atoms. The van der Waals surface area contributed by atoms with Crippen molar-refractivity contribution in [3.8, 4) is 11.5 Å². The summed E-state index contributed by atoms with van der Waals surface area (Å²) in [7, 11) is 1.63. The number of anilines is 1. The standard InChI is InChI=1S/C17H18N2O3/c1-22-14-5-6-15-12(8-14)9-16(19-15)17(21)18-10-11-3-2-4-13(20)7-11/h2-8,16,19-20H,9-10H2,1H3,(H,18,21). The Hall–Kier alpha value is -2.69. The van der Waals surface area contributed by atoms with Gasteiger partial charge in [-0.25, -0.2) is 0 Å². The first-order chi connectivity index (χ1) is 10.7. The number of benzene rings is 2. The first-order valence-corrected chi connectivity index (χ1v) is 7.15. The van der Waals surface area contributed by atoms with Crippen LogP contribution in [-0.2, 0) is 17.8 Å². The number of phenolic OH excluding ortho intramolecular Hbond substituents is 1. The molecule has 22 heavy (non-hydrogen) atoms. The minimum Gasteiger partial charge on any atom is -0.508 e. The van der Waals surface area contributed by atoms with E-state index in [0.717, 1.165) is 22.6 Å². The Balaban J connectivity index is 1.60. The Kier molecular flexibility index (Phi) is 3.87. The lowest BCUT2D eigenvalue weighted by Crippen LogP contribution is -2.38. The molecule has 5 heteroatoms. The second-order valence-electron chi connectivity index (χ2n) is 5.31. The molecule has 2 aromatic rings. The van der Waals surface area contributed by atoms with Crippen molar-refractivity contribution >= 4 is 11.6 Å². The minimum atomic E-state index is -0.278. The van der Waals surface area contributed by atoms with Crippen molar-refractivity contribution in [2.24, 2.45) is 0 Å². The van der Waals surface area contributed by atoms with Crippen LogP contribution in [0.2, 0.25) is 0 Å². The molecule has 5 nitrogen and oxygen atoms in total. The average molecular weight is 298 g/mol. The number of nitrogens with one attached hydrogen (secondary N) is 2. The highest BCUT2D eigenvalue weighted by Crippen LogP contribution is 2.29. The second kappa shape index (κ2) is 5.97. The molecule has 0 bridgehead atoms. The fourth-order valence-corrected chi connectivity index (χ4v) is 2.60. The molecule has 0 radical (unpaired) electrons. The molecule has 3 rings (SSSR count). The van der Waals surface area contributed by atoms with E-state index >= 15 is 0 Å². The predicted molar refractivity (Wildman–Crippen MR) is 84.1 cm³/mol. The quantitative estimate of drug-likeness (QED) is 0.808. The van der Waals surface area contributed by atoms with E-state index in [4.69, 9.17) is 4.74 Å². The summed E-state index contributed by atoms with van der Waals surface area (Å²) in [6, 6.07) is 12.3. The molecular formula is C17H18N2O3. The number of fused-ring (bicyclic) bond motifs is 1. The van der Waals surface area contributed by atoms with Crippen molar-refractivity contribution in [1.82, 2.24) is 5.32 Å². The number of hydrogen-bond donors (Lipinski definition) is 3. The van der Waals surface area contributed by atoms with E-state index in [2.05, 4.69) is 10.6 Å². The lowest BCUT2D eigenvalue weighted by Gasteiger charge is -2.12. The fraction of sp³-hybridized carbons (Fsp3) is 0.235. The summed E-state index contributed by atoms with van der Waals surface area (Å²) in [5.41, 5.74) is 2.92. The van der Waals surface area contributed by atoms with Crippen molar-refractivity contribution in [3.63, 3.8) is 0 Å². The molecule has 2 aromatic carbocycles. The molecule has 3 N–H and O–H groups in total. The van der Waals surface area contributed by atoms with Crippen LogP contribution in [0.3, 0.4) is 0 Å². The third kappa shape index (κ3) is 2.98. The Bertz CT molecular complexity index is 700. The van der Waals surface area contributed by atoms with Gasteiger partial charge in [-0.15, -0.1) is 0 Å². The maximum atomic E-state index is 12.3. The first-order valence-electron chi connectivity index (χ1n) is 7.15. The minimum absolute atomic E-state index is 0.0569. The summed E-state index contributed by atoms with van der Waals surface area (Å²) in [5, 5.41) is 15.5. The number of aromatic hydroxyl groups is 1. The fourth-order valence-electron chi connectivity index (χ4n) is 2.60. The van der Waals surface area contributed by atoms with Gasteiger partial charge in [-0.3, -0.25) is 4.79 Å². The van der Waals surface area contributed by atoms with Gasteiger partial charge in [0.25, 0.3) is 0 Å². The second-order valence-corrected chi connectivity index (χ2v) is 5.31. The van der Waals surface area contributed by atoms with Gasteiger partial charge in [0.2, 0.25) is 5.91 Å². The normalized spacial score (nSPS) is 15.8. The smallest absolute Gasteiger partial charge is 0.243 e. The molecule has 0 aliphatic carbocycles. The van der Waals surface area contributed by atoms with Gasteiger partial charge in [0.15, 0.2) is 0 Å². The highest BCUT2D eigenvalue weighted by Gasteiger charge is 2.26. The predicted octanol–water partition coefficient (Wildman–Crippen LogP) is 2.05. The molecule has 1 amide bonds. The number of phenols is 1. The van der Waals surface area contributed by atoms with Crippen LogP contribution >= 0.6 is 0 Å². The van der Waals surface area contributed by atoms with Crippen molar-refractivity contribution in [2.45, 2.75) is 19.0 Å². The number of ether oxygens (including phenoxy) is 1. The number of rotatable bonds is 4. The van der Waals surface area contributed by atoms with Crippen molar-refractivity contribution < 1.29 is 14.6 Å². The van der Waals surface area contributed by atoms with E-state index in [1.807, 2.05) is 24.3 Å². The van der Waals surface area contributed by atoms with Crippen LogP contribution in [0, 0.1) is 0 Å². The van der Waals surface area contributed by atoms with Crippen LogP contribution in [-0.4, -0.2) is 24.2 Å². The zero-order chi connectivity index (χ0) is 15.5. The van der Waals surface area contributed by atoms with Gasteiger partial charge in [0.05, 0.1) is 7.11 Å². The molecule has 1 unspecified atom stereocenters. The largest absolute Gasteiger partial charge is 0.508 e. The lowest BCUT2D eigenvalue weighted by atomic mass is 10.1. The highest BCUT2D eigenvalue weighted by molar-refractivity contribution is 5.87. The number of methoxy groups -OCH3 is 1. The summed E-state index contributed by atoms with van der Waals surface area (Å²) in [4.78, 5) is 12.3. The monoisotopic (exact) mass is 298 g/mol. The maximum absolute atomic E-state index is 12.3. The topological polar surface area (TPSA) is 70.6 Å². The molecule has 1 atom stereocenters. The van der Waals surface area contributed by atoms with Crippen LogP contribution in [0.25, 0.3) is 0 Å². The van der Waals surface area contributed by atoms with Crippen LogP contribution in [0.5, 0.6) is 11.5 Å². The maximum Gasteiger partial charge on any atom is 0.243 e. The number of carbonyl (C=O) groups excluding carboxylic acids is 1. The first kappa shape index (κ1) is 14.3. The molecular weight excluding hydrogens is 280 g/mol. The van der Waals surface area contributed by atoms with Gasteiger partial charge >= 0.3 is 0 Å². The van der Waals surface area contributed by atoms with E-state index in [1.54, 1.807) is 25.3 Å². The van der Waals surface area contributed by atoms with E-state index in [-0.39, 0.29) is 17.7 Å². The molecule has 114 valence electrons. The van der Waals surface area contributed by atoms with Crippen molar-refractivity contribution in [2.75, 3.05) is 12.4 Å². The molecule has 0 saturated heterocycles. The number of carbonyl (C=O) groups is 1. The molecule has 1 heterocycles. The van der Waals surface area contributed by atoms with Gasteiger partial charge in [-0.1, -0.05) is 12.1 Å². The van der Waals surface area contributed by atoms with E-state index in [1.165, 1.54) is 0 Å². The molecule has 0 aromatic heterocycles. The van der Waals surface area contributed by atoms with Crippen molar-refractivity contribution in [1.29, 1.82) is 0 Å². The number of hydrogen-bond acceptors (Lipinski definition) is 4. The number of amides is 1. The highest BCUT2D eigenvalue weighted by atomic mass is 16.5. The summed E-state index contributed by atoms with van der Waals surface area (Å²) >= 11 is 0. The van der Waals surface area contributed by atoms with E-state index in [9.17, 15) is 9.90 Å². The zero-order valence-corrected chi connectivity index (χ0v) is 12.3. The van der Waals surface area contributed by atoms with E-state index in [0.29, 0.717) is 13.0 Å². The third-order valence-electron chi connectivity index (χ3n) is 3.76. The van der Waals surface area contributed by atoms with Crippen LogP contribution in [0.15, 0.2) is 42.5 Å². The Morgan fingerprint density at radius 3 is 3.00 bits per heavy atom. The Morgan fingerprint density at radius 2 is 2.23 bits per heavy atom. The summed E-state index contributed by atoms with van der Waals surface area (Å²) < 4.78 is 5.20. The summed E-state index contributed by atoms with van der Waals surface area (Å²) in [5.74, 6) is 0.935.